The maximum absolute atomic E-state index is 5.79. The molecule has 6 rings (SSSR count). The van der Waals surface area contributed by atoms with Crippen molar-refractivity contribution in [1.29, 1.82) is 0 Å². The zero-order valence-corrected chi connectivity index (χ0v) is 28.7. The van der Waals surface area contributed by atoms with Gasteiger partial charge in [-0.05, 0) is 133 Å². The van der Waals surface area contributed by atoms with Crippen LogP contribution in [0, 0.1) is 0 Å². The van der Waals surface area contributed by atoms with Crippen LogP contribution in [0.1, 0.15) is 106 Å². The number of aryl methyl sites for hydroxylation is 1. The molecule has 0 aromatic heterocycles. The average molecular weight is 623 g/mol. The molecule has 244 valence electrons. The Morgan fingerprint density at radius 3 is 2.51 bits per heavy atom. The summed E-state index contributed by atoms with van der Waals surface area (Å²) in [5, 5.41) is 6.70. The summed E-state index contributed by atoms with van der Waals surface area (Å²) in [4.78, 5) is 0. The van der Waals surface area contributed by atoms with Gasteiger partial charge in [0.05, 0.1) is 0 Å². The van der Waals surface area contributed by atoms with Crippen LogP contribution in [-0.2, 0) is 6.42 Å². The van der Waals surface area contributed by atoms with E-state index in [1.807, 2.05) is 0 Å². The first kappa shape index (κ1) is 33.2. The predicted octanol–water partition coefficient (Wildman–Crippen LogP) is 9.05. The lowest BCUT2D eigenvalue weighted by molar-refractivity contribution is 0.443. The summed E-state index contributed by atoms with van der Waals surface area (Å²) < 4.78 is 0. The molecule has 2 atom stereocenters. The van der Waals surface area contributed by atoms with E-state index in [9.17, 15) is 0 Å². The van der Waals surface area contributed by atoms with Gasteiger partial charge in [0.15, 0.2) is 0 Å². The number of benzene rings is 3. The molecule has 3 aromatic rings. The number of hydrogen-bond acceptors (Lipinski definition) is 2. The smallest absolute Gasteiger partial charge is 0.0303 e. The van der Waals surface area contributed by atoms with Gasteiger partial charge in [-0.25, -0.2) is 0 Å². The Morgan fingerprint density at radius 1 is 0.872 bits per heavy atom. The molecular formula is C45H54N2. The van der Waals surface area contributed by atoms with Gasteiger partial charge in [-0.3, -0.25) is 0 Å². The second-order valence-corrected chi connectivity index (χ2v) is 13.9. The minimum Gasteiger partial charge on any atom is -0.330 e. The van der Waals surface area contributed by atoms with Crippen molar-refractivity contribution in [1.82, 2.24) is 5.32 Å². The molecule has 3 N–H and O–H groups in total. The summed E-state index contributed by atoms with van der Waals surface area (Å²) in [6, 6.07) is 28.4. The summed E-state index contributed by atoms with van der Waals surface area (Å²) in [5.74, 6) is 0.727. The Balaban J connectivity index is 1.36. The van der Waals surface area contributed by atoms with Gasteiger partial charge in [0.25, 0.3) is 0 Å². The number of unbranched alkanes of at least 4 members (excludes halogenated alkanes) is 1. The van der Waals surface area contributed by atoms with Crippen molar-refractivity contribution in [2.75, 3.05) is 6.54 Å². The molecule has 1 saturated carbocycles. The molecule has 2 nitrogen and oxygen atoms in total. The summed E-state index contributed by atoms with van der Waals surface area (Å²) >= 11 is 0. The lowest BCUT2D eigenvalue weighted by atomic mass is 9.82. The Morgan fingerprint density at radius 2 is 1.70 bits per heavy atom. The Labute approximate surface area is 283 Å². The van der Waals surface area contributed by atoms with Crippen LogP contribution in [0.15, 0.2) is 115 Å². The molecule has 3 aliphatic rings. The van der Waals surface area contributed by atoms with Crippen LogP contribution >= 0.6 is 0 Å². The standard InChI is InChI=1S/C45H54N2/c1-33(26-27-42(34(2)47-40-22-7-4-8-23-40)38-20-13-16-35(31-38)15-11-12-30-46)41-28-29-43(45-25-10-9-24-44(41)45)39-21-14-19-37(32-39)36-17-5-3-6-18-36/h4,7-10,13-14,16,19-22,24-27,31-32,34,36,40,47H,3,5-6,11-12,15,17-18,23,28-30,46H2,1-2H3/b33-26+,42-27+. The number of nitrogens with two attached hydrogens (primary N) is 1. The summed E-state index contributed by atoms with van der Waals surface area (Å²) in [6.45, 7) is 5.38. The van der Waals surface area contributed by atoms with Gasteiger partial charge >= 0.3 is 0 Å². The maximum atomic E-state index is 5.79. The molecule has 2 unspecified atom stereocenters. The van der Waals surface area contributed by atoms with Crippen molar-refractivity contribution in [2.45, 2.75) is 102 Å². The monoisotopic (exact) mass is 622 g/mol. The van der Waals surface area contributed by atoms with Crippen LogP contribution in [0.2, 0.25) is 0 Å². The van der Waals surface area contributed by atoms with Crippen molar-refractivity contribution in [3.63, 3.8) is 0 Å². The number of hydrogen-bond donors (Lipinski definition) is 2. The van der Waals surface area contributed by atoms with Crippen LogP contribution in [0.3, 0.4) is 0 Å². The molecule has 0 bridgehead atoms. The molecule has 3 aliphatic carbocycles. The zero-order valence-electron chi connectivity index (χ0n) is 28.7. The molecule has 2 heteroatoms. The maximum Gasteiger partial charge on any atom is 0.0303 e. The lowest BCUT2D eigenvalue weighted by Gasteiger charge is -2.24. The summed E-state index contributed by atoms with van der Waals surface area (Å²) in [5.41, 5.74) is 17.1. The van der Waals surface area contributed by atoms with Crippen molar-refractivity contribution in [2.24, 2.45) is 5.73 Å². The number of nitrogens with one attached hydrogen (secondary N) is 1. The zero-order chi connectivity index (χ0) is 32.4. The summed E-state index contributed by atoms with van der Waals surface area (Å²) in [6.07, 6.45) is 26.9. The third-order valence-corrected chi connectivity index (χ3v) is 10.6. The minimum absolute atomic E-state index is 0.208. The topological polar surface area (TPSA) is 38.0 Å². The SMILES string of the molecule is C/C(=C\C=C(\c1cccc(CCCCN)c1)C(C)NC1C=CC=CC1)C1=c2ccccc2=C(c2cccc(C3CCCCC3)c2)CC1. The summed E-state index contributed by atoms with van der Waals surface area (Å²) in [7, 11) is 0. The number of fused-ring (bicyclic) bond motifs is 1. The van der Waals surface area contributed by atoms with Crippen LogP contribution < -0.4 is 21.5 Å². The normalized spacial score (nSPS) is 19.6. The van der Waals surface area contributed by atoms with E-state index >= 15 is 0 Å². The fourth-order valence-electron chi connectivity index (χ4n) is 7.96. The van der Waals surface area contributed by atoms with E-state index in [2.05, 4.69) is 128 Å². The molecule has 0 heterocycles. The van der Waals surface area contributed by atoms with E-state index in [0.717, 1.165) is 51.0 Å². The lowest BCUT2D eigenvalue weighted by Crippen LogP contribution is -2.36. The van der Waals surface area contributed by atoms with E-state index in [0.29, 0.717) is 6.04 Å². The van der Waals surface area contributed by atoms with E-state index in [1.54, 1.807) is 5.56 Å². The number of allylic oxidation sites excluding steroid dienone is 5. The molecular weight excluding hydrogens is 569 g/mol. The van der Waals surface area contributed by atoms with Crippen molar-refractivity contribution < 1.29 is 0 Å². The Bertz CT molecular complexity index is 1760. The second kappa shape index (κ2) is 16.4. The Kier molecular flexibility index (Phi) is 11.6. The van der Waals surface area contributed by atoms with Gasteiger partial charge in [0, 0.05) is 12.1 Å². The quantitative estimate of drug-likeness (QED) is 0.156. The predicted molar refractivity (Wildman–Crippen MR) is 203 cm³/mol. The molecule has 0 spiro atoms. The molecule has 0 saturated heterocycles. The van der Waals surface area contributed by atoms with Crippen LogP contribution in [0.25, 0.3) is 16.7 Å². The average Bonchev–Trinajstić information content (AvgIpc) is 3.12. The van der Waals surface area contributed by atoms with Gasteiger partial charge in [0.1, 0.15) is 0 Å². The van der Waals surface area contributed by atoms with Gasteiger partial charge in [0.2, 0.25) is 0 Å². The fourth-order valence-corrected chi connectivity index (χ4v) is 7.96. The third-order valence-electron chi connectivity index (χ3n) is 10.6. The van der Waals surface area contributed by atoms with Gasteiger partial charge in [-0.1, -0.05) is 129 Å². The van der Waals surface area contributed by atoms with E-state index in [-0.39, 0.29) is 6.04 Å². The highest BCUT2D eigenvalue weighted by atomic mass is 14.9. The highest BCUT2D eigenvalue weighted by molar-refractivity contribution is 5.77. The first-order valence-electron chi connectivity index (χ1n) is 18.3. The minimum atomic E-state index is 0.208. The Hall–Kier alpha value is -3.72. The molecule has 1 fully saturated rings. The van der Waals surface area contributed by atoms with Crippen molar-refractivity contribution >= 4 is 16.7 Å². The third kappa shape index (κ3) is 8.42. The molecule has 47 heavy (non-hydrogen) atoms. The van der Waals surface area contributed by atoms with Crippen molar-refractivity contribution in [3.8, 4) is 0 Å². The van der Waals surface area contributed by atoms with E-state index in [1.165, 1.54) is 81.5 Å². The fraction of sp³-hybridized carbons (Fsp3) is 0.378. The largest absolute Gasteiger partial charge is 0.330 e. The van der Waals surface area contributed by atoms with Gasteiger partial charge in [-0.2, -0.15) is 0 Å². The van der Waals surface area contributed by atoms with E-state index in [4.69, 9.17) is 5.73 Å². The highest BCUT2D eigenvalue weighted by Gasteiger charge is 2.19. The second-order valence-electron chi connectivity index (χ2n) is 13.9. The van der Waals surface area contributed by atoms with Crippen LogP contribution in [0.4, 0.5) is 0 Å². The molecule has 0 radical (unpaired) electrons. The first-order valence-corrected chi connectivity index (χ1v) is 18.3. The first-order chi connectivity index (χ1) is 23.1. The molecule has 3 aromatic carbocycles. The van der Waals surface area contributed by atoms with E-state index < -0.39 is 0 Å². The molecule has 0 amide bonds. The van der Waals surface area contributed by atoms with Crippen LogP contribution in [0.5, 0.6) is 0 Å². The number of rotatable bonds is 12. The van der Waals surface area contributed by atoms with Crippen molar-refractivity contribution in [3.05, 3.63) is 148 Å². The highest BCUT2D eigenvalue weighted by Crippen LogP contribution is 2.35. The molecule has 0 aliphatic heterocycles. The van der Waals surface area contributed by atoms with Gasteiger partial charge < -0.3 is 11.1 Å². The van der Waals surface area contributed by atoms with Crippen LogP contribution in [-0.4, -0.2) is 18.6 Å². The van der Waals surface area contributed by atoms with Gasteiger partial charge in [-0.15, -0.1) is 0 Å².